The molecule has 0 spiro atoms. The van der Waals surface area contributed by atoms with Crippen LogP contribution in [-0.2, 0) is 4.79 Å². The zero-order valence-corrected chi connectivity index (χ0v) is 18.8. The molecule has 0 amide bonds. The molecule has 2 N–H and O–H groups in total. The van der Waals surface area contributed by atoms with Crippen molar-refractivity contribution in [2.75, 3.05) is 23.8 Å². The Hall–Kier alpha value is -2.33. The van der Waals surface area contributed by atoms with Crippen LogP contribution in [0.15, 0.2) is 42.0 Å². The summed E-state index contributed by atoms with van der Waals surface area (Å²) in [6.45, 7) is 2.94. The second-order valence-corrected chi connectivity index (χ2v) is 9.02. The number of carbonyl (C=O) groups excluding carboxylic acids is 1. The molecule has 2 aromatic rings. The van der Waals surface area contributed by atoms with Crippen molar-refractivity contribution in [1.29, 1.82) is 5.26 Å². The summed E-state index contributed by atoms with van der Waals surface area (Å²) >= 11 is 0.841. The topological polar surface area (TPSA) is 84.6 Å². The molecule has 0 radical (unpaired) electrons. The number of fused-ring (bicyclic) bond motifs is 1. The minimum Gasteiger partial charge on any atom is -0.394 e. The van der Waals surface area contributed by atoms with E-state index in [2.05, 4.69) is 30.0 Å². The molecule has 0 aromatic heterocycles. The fourth-order valence-corrected chi connectivity index (χ4v) is 4.81. The van der Waals surface area contributed by atoms with Crippen LogP contribution in [0.4, 0.5) is 5.69 Å². The molecular formula is C25H30N2O3S. The molecule has 1 saturated heterocycles. The number of rotatable bonds is 8. The average molecular weight is 439 g/mol. The number of nitrogens with zero attached hydrogens (tertiary/aromatic N) is 2. The van der Waals surface area contributed by atoms with Gasteiger partial charge in [-0.05, 0) is 66.3 Å². The molecule has 2 unspecified atom stereocenters. The summed E-state index contributed by atoms with van der Waals surface area (Å²) in [7, 11) is 0. The fraction of sp³-hybridized carbons (Fsp3) is 0.440. The van der Waals surface area contributed by atoms with Gasteiger partial charge in [0.2, 0.25) is 5.12 Å². The van der Waals surface area contributed by atoms with Gasteiger partial charge in [-0.15, -0.1) is 0 Å². The maximum Gasteiger partial charge on any atom is 0.230 e. The summed E-state index contributed by atoms with van der Waals surface area (Å²) in [6.07, 6.45) is 6.83. The zero-order valence-electron chi connectivity index (χ0n) is 18.0. The van der Waals surface area contributed by atoms with E-state index in [1.54, 1.807) is 6.08 Å². The van der Waals surface area contributed by atoms with Crippen molar-refractivity contribution in [1.82, 2.24) is 0 Å². The Bertz CT molecular complexity index is 980. The first-order valence-electron chi connectivity index (χ1n) is 10.9. The van der Waals surface area contributed by atoms with Crippen LogP contribution in [-0.4, -0.2) is 46.4 Å². The van der Waals surface area contributed by atoms with E-state index in [-0.39, 0.29) is 11.3 Å². The van der Waals surface area contributed by atoms with Crippen LogP contribution in [0.2, 0.25) is 0 Å². The predicted molar refractivity (Wildman–Crippen MR) is 128 cm³/mol. The van der Waals surface area contributed by atoms with Gasteiger partial charge in [-0.25, -0.2) is 0 Å². The number of anilines is 1. The van der Waals surface area contributed by atoms with E-state index in [1.165, 1.54) is 37.8 Å². The molecule has 0 saturated carbocycles. The Labute approximate surface area is 188 Å². The van der Waals surface area contributed by atoms with Gasteiger partial charge in [-0.3, -0.25) is 4.79 Å². The predicted octanol–water partition coefficient (Wildman–Crippen LogP) is 4.52. The molecular weight excluding hydrogens is 408 g/mol. The Morgan fingerprint density at radius 1 is 1.29 bits per heavy atom. The highest BCUT2D eigenvalue weighted by Gasteiger charge is 2.22. The Morgan fingerprint density at radius 2 is 2.06 bits per heavy atom. The van der Waals surface area contributed by atoms with Gasteiger partial charge in [-0.2, -0.15) is 5.26 Å². The molecule has 5 nitrogen and oxygen atoms in total. The molecule has 0 aliphatic carbocycles. The van der Waals surface area contributed by atoms with Crippen LogP contribution < -0.4 is 4.90 Å². The van der Waals surface area contributed by atoms with Crippen LogP contribution in [0.3, 0.4) is 0 Å². The van der Waals surface area contributed by atoms with Crippen LogP contribution >= 0.6 is 11.8 Å². The lowest BCUT2D eigenvalue weighted by atomic mass is 9.96. The highest BCUT2D eigenvalue weighted by Crippen LogP contribution is 2.30. The number of aliphatic hydroxyl groups is 2. The minimum absolute atomic E-state index is 0.0295. The summed E-state index contributed by atoms with van der Waals surface area (Å²) in [5, 5.41) is 29.4. The van der Waals surface area contributed by atoms with Crippen molar-refractivity contribution >= 4 is 39.4 Å². The van der Waals surface area contributed by atoms with E-state index in [0.29, 0.717) is 6.04 Å². The molecule has 1 aliphatic heterocycles. The number of aliphatic hydroxyl groups excluding tert-OH is 2. The number of hydrogen-bond donors (Lipinski definition) is 2. The Kier molecular flexibility index (Phi) is 8.53. The van der Waals surface area contributed by atoms with Crippen molar-refractivity contribution in [2.24, 2.45) is 0 Å². The molecule has 1 aliphatic rings. The first kappa shape index (κ1) is 23.3. The summed E-state index contributed by atoms with van der Waals surface area (Å²) < 4.78 is 0. The van der Waals surface area contributed by atoms with Gasteiger partial charge >= 0.3 is 0 Å². The summed E-state index contributed by atoms with van der Waals surface area (Å²) in [5.41, 5.74) is 2.08. The molecule has 0 bridgehead atoms. The number of thioether (sulfide) groups is 1. The van der Waals surface area contributed by atoms with Gasteiger partial charge in [0.15, 0.2) is 0 Å². The number of hydrogen-bond acceptors (Lipinski definition) is 6. The monoisotopic (exact) mass is 438 g/mol. The summed E-state index contributed by atoms with van der Waals surface area (Å²) in [4.78, 5) is 14.8. The van der Waals surface area contributed by atoms with Crippen LogP contribution in [0, 0.1) is 11.3 Å². The van der Waals surface area contributed by atoms with E-state index in [1.807, 2.05) is 24.3 Å². The van der Waals surface area contributed by atoms with Crippen molar-refractivity contribution in [2.45, 2.75) is 51.2 Å². The number of benzene rings is 2. The molecule has 2 aromatic carbocycles. The quantitative estimate of drug-likeness (QED) is 0.466. The molecule has 164 valence electrons. The molecule has 1 heterocycles. The van der Waals surface area contributed by atoms with Gasteiger partial charge in [0.05, 0.1) is 12.7 Å². The van der Waals surface area contributed by atoms with Crippen LogP contribution in [0.5, 0.6) is 0 Å². The van der Waals surface area contributed by atoms with Gasteiger partial charge in [0, 0.05) is 24.0 Å². The number of piperidine rings is 1. The standard InChI is InChI=1S/C25H30N2O3S/c1-2-5-22-6-3-4-11-27(22)23-10-9-19-12-18(7-8-20(19)14-23)13-21(15-26)25(30)31-17-24(29)16-28/h7-10,12-14,22,24,28-29H,2-6,11,16-17H2,1H3/b21-13+. The number of nitriles is 1. The Morgan fingerprint density at radius 3 is 2.81 bits per heavy atom. The normalized spacial score (nSPS) is 18.1. The van der Waals surface area contributed by atoms with E-state index in [9.17, 15) is 15.2 Å². The molecule has 31 heavy (non-hydrogen) atoms. The van der Waals surface area contributed by atoms with Gasteiger partial charge in [0.25, 0.3) is 0 Å². The van der Waals surface area contributed by atoms with Gasteiger partial charge in [0.1, 0.15) is 11.6 Å². The summed E-state index contributed by atoms with van der Waals surface area (Å²) in [6, 6.07) is 15.0. The Balaban J connectivity index is 1.80. The first-order chi connectivity index (χ1) is 15.0. The minimum atomic E-state index is -0.972. The first-order valence-corrected chi connectivity index (χ1v) is 11.9. The van der Waals surface area contributed by atoms with E-state index >= 15 is 0 Å². The lowest BCUT2D eigenvalue weighted by Gasteiger charge is -2.37. The van der Waals surface area contributed by atoms with Gasteiger partial charge in [-0.1, -0.05) is 43.3 Å². The summed E-state index contributed by atoms with van der Waals surface area (Å²) in [5.74, 6) is 0.0599. The third-order valence-electron chi connectivity index (χ3n) is 5.70. The highest BCUT2D eigenvalue weighted by atomic mass is 32.2. The van der Waals surface area contributed by atoms with Crippen LogP contribution in [0.25, 0.3) is 16.8 Å². The smallest absolute Gasteiger partial charge is 0.230 e. The second kappa shape index (κ2) is 11.3. The molecule has 1 fully saturated rings. The van der Waals surface area contributed by atoms with Crippen LogP contribution in [0.1, 0.15) is 44.6 Å². The van der Waals surface area contributed by atoms with Crippen molar-refractivity contribution in [3.05, 3.63) is 47.5 Å². The maximum absolute atomic E-state index is 12.2. The van der Waals surface area contributed by atoms with E-state index in [0.717, 1.165) is 34.6 Å². The zero-order chi connectivity index (χ0) is 22.2. The average Bonchev–Trinajstić information content (AvgIpc) is 2.80. The maximum atomic E-state index is 12.2. The van der Waals surface area contributed by atoms with E-state index < -0.39 is 17.8 Å². The molecule has 3 rings (SSSR count). The third kappa shape index (κ3) is 6.10. The number of carbonyl (C=O) groups is 1. The van der Waals surface area contributed by atoms with Crippen molar-refractivity contribution < 1.29 is 15.0 Å². The lowest BCUT2D eigenvalue weighted by Crippen LogP contribution is -2.39. The fourth-order valence-electron chi connectivity index (χ4n) is 4.10. The van der Waals surface area contributed by atoms with Crippen molar-refractivity contribution in [3.8, 4) is 6.07 Å². The SMILES string of the molecule is CCCC1CCCCN1c1ccc2cc(/C=C(\C#N)C(=O)SCC(O)CO)ccc2c1. The van der Waals surface area contributed by atoms with Crippen molar-refractivity contribution in [3.63, 3.8) is 0 Å². The van der Waals surface area contributed by atoms with E-state index in [4.69, 9.17) is 5.11 Å². The van der Waals surface area contributed by atoms with Gasteiger partial charge < -0.3 is 15.1 Å². The largest absolute Gasteiger partial charge is 0.394 e. The molecule has 2 atom stereocenters. The highest BCUT2D eigenvalue weighted by molar-refractivity contribution is 8.14. The lowest BCUT2D eigenvalue weighted by molar-refractivity contribution is -0.107. The third-order valence-corrected chi connectivity index (χ3v) is 6.73. The second-order valence-electron chi connectivity index (χ2n) is 8.03. The molecule has 6 heteroatoms.